The number of benzene rings is 1. The van der Waals surface area contributed by atoms with Crippen LogP contribution in [-0.2, 0) is 14.3 Å². The highest BCUT2D eigenvalue weighted by molar-refractivity contribution is 5.97. The first-order valence-corrected chi connectivity index (χ1v) is 7.97. The molecule has 24 heavy (non-hydrogen) atoms. The largest absolute Gasteiger partial charge is 0.480 e. The molecule has 2 rings (SSSR count). The van der Waals surface area contributed by atoms with Crippen LogP contribution in [0.5, 0.6) is 0 Å². The molecule has 0 aromatic heterocycles. The monoisotopic (exact) mass is 334 g/mol. The van der Waals surface area contributed by atoms with Gasteiger partial charge in [-0.25, -0.2) is 0 Å². The van der Waals surface area contributed by atoms with Gasteiger partial charge in [0.2, 0.25) is 5.91 Å². The van der Waals surface area contributed by atoms with Gasteiger partial charge in [-0.2, -0.15) is 0 Å². The van der Waals surface area contributed by atoms with Crippen LogP contribution in [-0.4, -0.2) is 42.1 Å². The zero-order chi connectivity index (χ0) is 17.5. The molecule has 130 valence electrons. The number of rotatable bonds is 6. The lowest BCUT2D eigenvalue weighted by molar-refractivity contribution is -0.138. The van der Waals surface area contributed by atoms with Crippen molar-refractivity contribution in [3.63, 3.8) is 0 Å². The number of ether oxygens (including phenoxy) is 1. The first-order valence-electron chi connectivity index (χ1n) is 7.97. The predicted molar refractivity (Wildman–Crippen MR) is 87.8 cm³/mol. The molecule has 2 amide bonds. The number of hydrogen-bond donors (Lipinski definition) is 3. The Labute approximate surface area is 140 Å². The van der Waals surface area contributed by atoms with Crippen molar-refractivity contribution < 1.29 is 24.2 Å². The fraction of sp³-hybridized carbons (Fsp3) is 0.471. The molecule has 0 aliphatic carbocycles. The summed E-state index contributed by atoms with van der Waals surface area (Å²) in [6, 6.07) is 5.39. The Hall–Kier alpha value is -2.41. The molecule has 1 aliphatic rings. The van der Waals surface area contributed by atoms with Gasteiger partial charge in [0.1, 0.15) is 6.04 Å². The molecule has 1 atom stereocenters. The third kappa shape index (κ3) is 5.34. The molecular formula is C17H22N2O5. The van der Waals surface area contributed by atoms with E-state index < -0.39 is 17.9 Å². The smallest absolute Gasteiger partial charge is 0.325 e. The van der Waals surface area contributed by atoms with E-state index in [1.54, 1.807) is 24.3 Å². The lowest BCUT2D eigenvalue weighted by atomic mass is 9.96. The molecule has 7 nitrogen and oxygen atoms in total. The van der Waals surface area contributed by atoms with E-state index in [0.717, 1.165) is 12.8 Å². The molecule has 0 bridgehead atoms. The van der Waals surface area contributed by atoms with E-state index >= 15 is 0 Å². The highest BCUT2D eigenvalue weighted by Gasteiger charge is 2.18. The van der Waals surface area contributed by atoms with Crippen molar-refractivity contribution >= 4 is 23.5 Å². The summed E-state index contributed by atoms with van der Waals surface area (Å²) in [4.78, 5) is 34.6. The second kappa shape index (κ2) is 8.44. The fourth-order valence-electron chi connectivity index (χ4n) is 2.47. The van der Waals surface area contributed by atoms with Crippen LogP contribution in [0.4, 0.5) is 5.69 Å². The standard InChI is InChI=1S/C17H22N2O5/c1-11(17(22)23)18-16(21)13-2-4-14(5-3-13)19-15(20)10-12-6-8-24-9-7-12/h2-5,11-12H,6-10H2,1H3,(H,18,21)(H,19,20)(H,22,23)/t11-/m0/s1. The van der Waals surface area contributed by atoms with Crippen molar-refractivity contribution in [2.24, 2.45) is 5.92 Å². The average Bonchev–Trinajstić information content (AvgIpc) is 2.56. The molecule has 1 heterocycles. The van der Waals surface area contributed by atoms with E-state index in [1.807, 2.05) is 0 Å². The molecule has 3 N–H and O–H groups in total. The Kier molecular flexibility index (Phi) is 6.31. The van der Waals surface area contributed by atoms with Gasteiger partial charge >= 0.3 is 5.97 Å². The van der Waals surface area contributed by atoms with Gasteiger partial charge in [-0.15, -0.1) is 0 Å². The predicted octanol–water partition coefficient (Wildman–Crippen LogP) is 1.64. The number of carboxylic acids is 1. The van der Waals surface area contributed by atoms with Gasteiger partial charge in [0.25, 0.3) is 5.91 Å². The van der Waals surface area contributed by atoms with Crippen molar-refractivity contribution in [3.05, 3.63) is 29.8 Å². The number of nitrogens with one attached hydrogen (secondary N) is 2. The van der Waals surface area contributed by atoms with Gasteiger partial charge in [-0.3, -0.25) is 14.4 Å². The molecule has 0 saturated carbocycles. The lowest BCUT2D eigenvalue weighted by Gasteiger charge is -2.21. The van der Waals surface area contributed by atoms with Gasteiger partial charge in [0.05, 0.1) is 0 Å². The maximum Gasteiger partial charge on any atom is 0.325 e. The van der Waals surface area contributed by atoms with E-state index in [-0.39, 0.29) is 5.91 Å². The van der Waals surface area contributed by atoms with Crippen LogP contribution in [0.25, 0.3) is 0 Å². The number of hydrogen-bond acceptors (Lipinski definition) is 4. The van der Waals surface area contributed by atoms with Crippen LogP contribution in [0.3, 0.4) is 0 Å². The van der Waals surface area contributed by atoms with Gasteiger partial charge in [0, 0.05) is 30.9 Å². The topological polar surface area (TPSA) is 105 Å². The SMILES string of the molecule is C[C@H](NC(=O)c1ccc(NC(=O)CC2CCOCC2)cc1)C(=O)O. The zero-order valence-electron chi connectivity index (χ0n) is 13.6. The lowest BCUT2D eigenvalue weighted by Crippen LogP contribution is -2.38. The summed E-state index contributed by atoms with van der Waals surface area (Å²) in [5.74, 6) is -1.27. The summed E-state index contributed by atoms with van der Waals surface area (Å²) in [6.07, 6.45) is 2.25. The molecule has 1 aromatic rings. The average molecular weight is 334 g/mol. The molecule has 1 aromatic carbocycles. The van der Waals surface area contributed by atoms with E-state index in [1.165, 1.54) is 6.92 Å². The van der Waals surface area contributed by atoms with Crippen LogP contribution in [0, 0.1) is 5.92 Å². The maximum atomic E-state index is 12.0. The van der Waals surface area contributed by atoms with E-state index in [0.29, 0.717) is 36.8 Å². The number of carbonyl (C=O) groups excluding carboxylic acids is 2. The van der Waals surface area contributed by atoms with Crippen molar-refractivity contribution in [2.45, 2.75) is 32.2 Å². The quantitative estimate of drug-likeness (QED) is 0.733. The molecule has 1 saturated heterocycles. The van der Waals surface area contributed by atoms with E-state index in [2.05, 4.69) is 10.6 Å². The van der Waals surface area contributed by atoms with E-state index in [9.17, 15) is 14.4 Å². The number of carboxylic acid groups (broad SMARTS) is 1. The van der Waals surface area contributed by atoms with Crippen molar-refractivity contribution in [1.29, 1.82) is 0 Å². The van der Waals surface area contributed by atoms with Gasteiger partial charge in [-0.05, 0) is 49.9 Å². The molecule has 0 spiro atoms. The van der Waals surface area contributed by atoms with Gasteiger partial charge in [-0.1, -0.05) is 0 Å². The fourth-order valence-corrected chi connectivity index (χ4v) is 2.47. The van der Waals surface area contributed by atoms with Crippen molar-refractivity contribution in [1.82, 2.24) is 5.32 Å². The molecule has 1 aliphatic heterocycles. The van der Waals surface area contributed by atoms with Crippen LogP contribution in [0.2, 0.25) is 0 Å². The van der Waals surface area contributed by atoms with Crippen molar-refractivity contribution in [2.75, 3.05) is 18.5 Å². The Morgan fingerprint density at radius 3 is 2.42 bits per heavy atom. The minimum absolute atomic E-state index is 0.0569. The molecule has 0 radical (unpaired) electrons. The number of aliphatic carboxylic acids is 1. The van der Waals surface area contributed by atoms with Crippen LogP contribution >= 0.6 is 0 Å². The summed E-state index contributed by atoms with van der Waals surface area (Å²) < 4.78 is 5.27. The Morgan fingerprint density at radius 2 is 1.83 bits per heavy atom. The first-order chi connectivity index (χ1) is 11.5. The summed E-state index contributed by atoms with van der Waals surface area (Å²) in [6.45, 7) is 2.80. The number of carbonyl (C=O) groups is 3. The minimum Gasteiger partial charge on any atom is -0.480 e. The summed E-state index contributed by atoms with van der Waals surface area (Å²) >= 11 is 0. The Bertz CT molecular complexity index is 594. The minimum atomic E-state index is -1.10. The van der Waals surface area contributed by atoms with Crippen LogP contribution in [0.1, 0.15) is 36.5 Å². The summed E-state index contributed by atoms with van der Waals surface area (Å²) in [7, 11) is 0. The van der Waals surface area contributed by atoms with Crippen LogP contribution < -0.4 is 10.6 Å². The van der Waals surface area contributed by atoms with Crippen LogP contribution in [0.15, 0.2) is 24.3 Å². The molecule has 1 fully saturated rings. The van der Waals surface area contributed by atoms with Crippen molar-refractivity contribution in [3.8, 4) is 0 Å². The maximum absolute atomic E-state index is 12.0. The van der Waals surface area contributed by atoms with E-state index in [4.69, 9.17) is 9.84 Å². The number of anilines is 1. The molecule has 7 heteroatoms. The number of amides is 2. The van der Waals surface area contributed by atoms with Gasteiger partial charge in [0.15, 0.2) is 0 Å². The van der Waals surface area contributed by atoms with Gasteiger partial charge < -0.3 is 20.5 Å². The highest BCUT2D eigenvalue weighted by atomic mass is 16.5. The first kappa shape index (κ1) is 17.9. The second-order valence-electron chi connectivity index (χ2n) is 5.92. The summed E-state index contributed by atoms with van der Waals surface area (Å²) in [5.41, 5.74) is 0.945. The molecular weight excluding hydrogens is 312 g/mol. The third-order valence-electron chi connectivity index (χ3n) is 3.96. The third-order valence-corrected chi connectivity index (χ3v) is 3.96. The highest BCUT2D eigenvalue weighted by Crippen LogP contribution is 2.19. The Morgan fingerprint density at radius 1 is 1.21 bits per heavy atom. The summed E-state index contributed by atoms with van der Waals surface area (Å²) in [5, 5.41) is 14.0. The second-order valence-corrected chi connectivity index (χ2v) is 5.92. The Balaban J connectivity index is 1.85. The normalized spacial score (nSPS) is 16.2. The molecule has 0 unspecified atom stereocenters. The zero-order valence-corrected chi connectivity index (χ0v) is 13.6.